The van der Waals surface area contributed by atoms with E-state index >= 15 is 0 Å². The molecule has 0 spiro atoms. The predicted octanol–water partition coefficient (Wildman–Crippen LogP) is 1.22. The van der Waals surface area contributed by atoms with Crippen LogP contribution in [0.3, 0.4) is 0 Å². The number of benzene rings is 1. The van der Waals surface area contributed by atoms with Crippen LogP contribution in [-0.2, 0) is 16.4 Å². The SMILES string of the molecule is CS(=O)(=O)NCCCc1nc(-c2ccccc2)no1. The van der Waals surface area contributed by atoms with Crippen LogP contribution in [0.15, 0.2) is 34.9 Å². The fraction of sp³-hybridized carbons (Fsp3) is 0.333. The highest BCUT2D eigenvalue weighted by Crippen LogP contribution is 2.15. The van der Waals surface area contributed by atoms with E-state index in [1.807, 2.05) is 30.3 Å². The number of hydrogen-bond donors (Lipinski definition) is 1. The van der Waals surface area contributed by atoms with Gasteiger partial charge in [-0.2, -0.15) is 4.98 Å². The van der Waals surface area contributed by atoms with Crippen molar-refractivity contribution in [3.05, 3.63) is 36.2 Å². The minimum absolute atomic E-state index is 0.363. The van der Waals surface area contributed by atoms with Gasteiger partial charge in [0.15, 0.2) is 0 Å². The van der Waals surface area contributed by atoms with Crippen molar-refractivity contribution in [1.29, 1.82) is 0 Å². The predicted molar refractivity (Wildman–Crippen MR) is 70.9 cm³/mol. The molecule has 0 amide bonds. The Balaban J connectivity index is 1.88. The van der Waals surface area contributed by atoms with Crippen molar-refractivity contribution >= 4 is 10.0 Å². The van der Waals surface area contributed by atoms with Crippen molar-refractivity contribution in [1.82, 2.24) is 14.9 Å². The molecular weight excluding hydrogens is 266 g/mol. The van der Waals surface area contributed by atoms with Crippen LogP contribution in [0, 0.1) is 0 Å². The number of aryl methyl sites for hydroxylation is 1. The quantitative estimate of drug-likeness (QED) is 0.805. The molecule has 1 aromatic heterocycles. The smallest absolute Gasteiger partial charge is 0.227 e. The third-order valence-electron chi connectivity index (χ3n) is 2.43. The zero-order valence-corrected chi connectivity index (χ0v) is 11.4. The Hall–Kier alpha value is -1.73. The maximum atomic E-state index is 10.9. The van der Waals surface area contributed by atoms with Crippen molar-refractivity contribution in [3.8, 4) is 11.4 Å². The van der Waals surface area contributed by atoms with E-state index in [9.17, 15) is 8.42 Å². The first kappa shape index (κ1) is 13.7. The summed E-state index contributed by atoms with van der Waals surface area (Å²) in [6.45, 7) is 0.363. The van der Waals surface area contributed by atoms with Gasteiger partial charge in [0, 0.05) is 18.5 Å². The van der Waals surface area contributed by atoms with E-state index < -0.39 is 10.0 Å². The van der Waals surface area contributed by atoms with Crippen molar-refractivity contribution in [2.24, 2.45) is 0 Å². The molecule has 2 aromatic rings. The second-order valence-corrected chi connectivity index (χ2v) is 5.98. The summed E-state index contributed by atoms with van der Waals surface area (Å²) in [5.41, 5.74) is 0.895. The van der Waals surface area contributed by atoms with Gasteiger partial charge in [0.25, 0.3) is 0 Å². The van der Waals surface area contributed by atoms with E-state index in [0.717, 1.165) is 11.8 Å². The molecule has 6 nitrogen and oxygen atoms in total. The normalized spacial score (nSPS) is 11.6. The van der Waals surface area contributed by atoms with E-state index in [0.29, 0.717) is 31.1 Å². The van der Waals surface area contributed by atoms with Gasteiger partial charge in [-0.1, -0.05) is 35.5 Å². The van der Waals surface area contributed by atoms with Crippen LogP contribution in [0.4, 0.5) is 0 Å². The summed E-state index contributed by atoms with van der Waals surface area (Å²) in [7, 11) is -3.13. The van der Waals surface area contributed by atoms with Crippen molar-refractivity contribution in [2.75, 3.05) is 12.8 Å². The molecule has 0 atom stereocenters. The van der Waals surface area contributed by atoms with Crippen molar-refractivity contribution in [3.63, 3.8) is 0 Å². The Morgan fingerprint density at radius 1 is 1.26 bits per heavy atom. The third-order valence-corrected chi connectivity index (χ3v) is 3.16. The molecule has 0 aliphatic rings. The van der Waals surface area contributed by atoms with Gasteiger partial charge in [0.1, 0.15) is 0 Å². The average molecular weight is 281 g/mol. The fourth-order valence-electron chi connectivity index (χ4n) is 1.56. The number of aromatic nitrogens is 2. The van der Waals surface area contributed by atoms with Crippen LogP contribution in [0.1, 0.15) is 12.3 Å². The summed E-state index contributed by atoms with van der Waals surface area (Å²) < 4.78 is 29.3. The topological polar surface area (TPSA) is 85.1 Å². The van der Waals surface area contributed by atoms with Gasteiger partial charge in [-0.25, -0.2) is 13.1 Å². The molecule has 0 saturated heterocycles. The Labute approximate surface area is 111 Å². The second kappa shape index (κ2) is 5.94. The molecule has 0 aliphatic heterocycles. The lowest BCUT2D eigenvalue weighted by Crippen LogP contribution is -2.23. The first-order valence-corrected chi connectivity index (χ1v) is 7.76. The zero-order valence-electron chi connectivity index (χ0n) is 10.5. The summed E-state index contributed by atoms with van der Waals surface area (Å²) in [4.78, 5) is 4.26. The average Bonchev–Trinajstić information content (AvgIpc) is 2.83. The van der Waals surface area contributed by atoms with E-state index in [1.54, 1.807) is 0 Å². The molecule has 0 bridgehead atoms. The summed E-state index contributed by atoms with van der Waals surface area (Å²) in [5.74, 6) is 1.06. The molecule has 0 unspecified atom stereocenters. The van der Waals surface area contributed by atoms with Crippen LogP contribution >= 0.6 is 0 Å². The minimum atomic E-state index is -3.13. The first-order chi connectivity index (χ1) is 9.04. The molecule has 7 heteroatoms. The third kappa shape index (κ3) is 4.46. The molecule has 2 rings (SSSR count). The van der Waals surface area contributed by atoms with Crippen LogP contribution in [-0.4, -0.2) is 31.4 Å². The van der Waals surface area contributed by atoms with Crippen molar-refractivity contribution in [2.45, 2.75) is 12.8 Å². The first-order valence-electron chi connectivity index (χ1n) is 5.87. The monoisotopic (exact) mass is 281 g/mol. The lowest BCUT2D eigenvalue weighted by atomic mass is 10.2. The number of nitrogens with zero attached hydrogens (tertiary/aromatic N) is 2. The van der Waals surface area contributed by atoms with Crippen LogP contribution in [0.25, 0.3) is 11.4 Å². The Morgan fingerprint density at radius 2 is 2.00 bits per heavy atom. The highest BCUT2D eigenvalue weighted by Gasteiger charge is 2.08. The van der Waals surface area contributed by atoms with E-state index in [-0.39, 0.29) is 0 Å². The van der Waals surface area contributed by atoms with E-state index in [2.05, 4.69) is 14.9 Å². The molecule has 0 saturated carbocycles. The molecule has 102 valence electrons. The van der Waals surface area contributed by atoms with Gasteiger partial charge in [0.2, 0.25) is 21.7 Å². The Kier molecular flexibility index (Phi) is 4.28. The summed E-state index contributed by atoms with van der Waals surface area (Å²) in [6.07, 6.45) is 2.29. The van der Waals surface area contributed by atoms with E-state index in [4.69, 9.17) is 4.52 Å². The van der Waals surface area contributed by atoms with Gasteiger partial charge in [-0.05, 0) is 6.42 Å². The number of rotatable bonds is 6. The molecular formula is C12H15N3O3S. The fourth-order valence-corrected chi connectivity index (χ4v) is 2.07. The largest absolute Gasteiger partial charge is 0.339 e. The molecule has 1 heterocycles. The highest BCUT2D eigenvalue weighted by molar-refractivity contribution is 7.88. The summed E-state index contributed by atoms with van der Waals surface area (Å²) >= 11 is 0. The molecule has 0 radical (unpaired) electrons. The number of sulfonamides is 1. The lowest BCUT2D eigenvalue weighted by molar-refractivity contribution is 0.376. The second-order valence-electron chi connectivity index (χ2n) is 4.15. The Morgan fingerprint density at radius 3 is 2.68 bits per heavy atom. The number of nitrogens with one attached hydrogen (secondary N) is 1. The molecule has 0 fully saturated rings. The zero-order chi connectivity index (χ0) is 13.7. The molecule has 19 heavy (non-hydrogen) atoms. The van der Waals surface area contributed by atoms with Crippen LogP contribution in [0.5, 0.6) is 0 Å². The Bertz CT molecular complexity index is 623. The van der Waals surface area contributed by atoms with E-state index in [1.165, 1.54) is 0 Å². The molecule has 0 aliphatic carbocycles. The number of hydrogen-bond acceptors (Lipinski definition) is 5. The van der Waals surface area contributed by atoms with Crippen LogP contribution < -0.4 is 4.72 Å². The summed E-state index contributed by atoms with van der Waals surface area (Å²) in [6, 6.07) is 9.53. The highest BCUT2D eigenvalue weighted by atomic mass is 32.2. The summed E-state index contributed by atoms with van der Waals surface area (Å²) in [5, 5.41) is 3.89. The van der Waals surface area contributed by atoms with Crippen LogP contribution in [0.2, 0.25) is 0 Å². The van der Waals surface area contributed by atoms with Gasteiger partial charge in [-0.15, -0.1) is 0 Å². The molecule has 1 aromatic carbocycles. The minimum Gasteiger partial charge on any atom is -0.339 e. The maximum absolute atomic E-state index is 10.9. The van der Waals surface area contributed by atoms with Gasteiger partial charge in [0.05, 0.1) is 6.26 Å². The van der Waals surface area contributed by atoms with Gasteiger partial charge < -0.3 is 4.52 Å². The molecule has 1 N–H and O–H groups in total. The maximum Gasteiger partial charge on any atom is 0.227 e. The standard InChI is InChI=1S/C12H15N3O3S/c1-19(16,17)13-9-5-8-11-14-12(15-18-11)10-6-3-2-4-7-10/h2-4,6-7,13H,5,8-9H2,1H3. The lowest BCUT2D eigenvalue weighted by Gasteiger charge is -1.98. The van der Waals surface area contributed by atoms with Gasteiger partial charge in [-0.3, -0.25) is 0 Å². The van der Waals surface area contributed by atoms with Crippen molar-refractivity contribution < 1.29 is 12.9 Å². The van der Waals surface area contributed by atoms with Gasteiger partial charge >= 0.3 is 0 Å².